The van der Waals surface area contributed by atoms with E-state index in [0.29, 0.717) is 12.3 Å². The van der Waals surface area contributed by atoms with Crippen molar-refractivity contribution >= 4 is 11.6 Å². The number of para-hydroxylation sites is 2. The van der Waals surface area contributed by atoms with Gasteiger partial charge in [0.2, 0.25) is 5.43 Å². The van der Waals surface area contributed by atoms with Crippen molar-refractivity contribution in [2.75, 3.05) is 17.4 Å². The second-order valence-electron chi connectivity index (χ2n) is 8.04. The van der Waals surface area contributed by atoms with E-state index in [1.807, 2.05) is 66.7 Å². The lowest BCUT2D eigenvalue weighted by molar-refractivity contribution is 0.101. The highest BCUT2D eigenvalue weighted by molar-refractivity contribution is 6.04. The molecule has 3 aromatic carbocycles. The first-order chi connectivity index (χ1) is 16.5. The van der Waals surface area contributed by atoms with Crippen LogP contribution in [0.15, 0.2) is 95.9 Å². The average molecular weight is 453 g/mol. The van der Waals surface area contributed by atoms with E-state index in [9.17, 15) is 14.7 Å². The number of hydrogen-bond acceptors (Lipinski definition) is 5. The number of fused-ring (bicyclic) bond motifs is 2. The summed E-state index contributed by atoms with van der Waals surface area (Å²) in [6.07, 6.45) is 1.50. The molecular weight excluding hydrogens is 430 g/mol. The van der Waals surface area contributed by atoms with Gasteiger partial charge in [-0.1, -0.05) is 60.7 Å². The zero-order chi connectivity index (χ0) is 23.7. The molecular formula is C27H23N3O4. The number of anilines is 1. The fourth-order valence-electron chi connectivity index (χ4n) is 4.32. The summed E-state index contributed by atoms with van der Waals surface area (Å²) < 4.78 is 7.59. The van der Waals surface area contributed by atoms with Gasteiger partial charge in [0.25, 0.3) is 5.91 Å². The first-order valence-corrected chi connectivity index (χ1v) is 10.9. The smallest absolute Gasteiger partial charge is 0.278 e. The van der Waals surface area contributed by atoms with Gasteiger partial charge in [-0.3, -0.25) is 14.3 Å². The molecule has 0 fully saturated rings. The Morgan fingerprint density at radius 3 is 2.44 bits per heavy atom. The van der Waals surface area contributed by atoms with Gasteiger partial charge in [0.15, 0.2) is 11.4 Å². The minimum absolute atomic E-state index is 0.154. The molecule has 0 aliphatic carbocycles. The van der Waals surface area contributed by atoms with Crippen molar-refractivity contribution in [1.29, 1.82) is 0 Å². The van der Waals surface area contributed by atoms with Gasteiger partial charge in [-0.2, -0.15) is 0 Å². The molecule has 7 nitrogen and oxygen atoms in total. The first-order valence-electron chi connectivity index (χ1n) is 10.9. The number of hydrogen-bond donors (Lipinski definition) is 2. The van der Waals surface area contributed by atoms with Crippen molar-refractivity contribution in [3.05, 3.63) is 124 Å². The summed E-state index contributed by atoms with van der Waals surface area (Å²) in [7, 11) is 1.81. The van der Waals surface area contributed by atoms with Crippen LogP contribution in [0.1, 0.15) is 33.2 Å². The standard InChI is InChI=1S/C27H23N3O4/c1-29(24-20-12-6-5-9-18(20)17-34-23-14-8-7-13-21(23)24)30-16-15-22(31)26(32)25(30)27(33)28-19-10-3-2-4-11-19/h2-16,24,32H,17H2,1H3,(H,28,33). The molecule has 0 saturated heterocycles. The van der Waals surface area contributed by atoms with E-state index in [-0.39, 0.29) is 11.7 Å². The number of nitrogens with zero attached hydrogens (tertiary/aromatic N) is 2. The number of nitrogens with one attached hydrogen (secondary N) is 1. The molecule has 0 spiro atoms. The van der Waals surface area contributed by atoms with E-state index in [1.165, 1.54) is 16.9 Å². The predicted octanol–water partition coefficient (Wildman–Crippen LogP) is 4.06. The Morgan fingerprint density at radius 2 is 1.65 bits per heavy atom. The summed E-state index contributed by atoms with van der Waals surface area (Å²) in [5.74, 6) is -0.481. The molecule has 2 N–H and O–H groups in total. The van der Waals surface area contributed by atoms with E-state index in [1.54, 1.807) is 24.3 Å². The minimum atomic E-state index is -0.632. The quantitative estimate of drug-likeness (QED) is 0.487. The summed E-state index contributed by atoms with van der Waals surface area (Å²) in [5.41, 5.74) is 2.68. The van der Waals surface area contributed by atoms with Crippen molar-refractivity contribution in [3.8, 4) is 11.5 Å². The first kappa shape index (κ1) is 21.3. The average Bonchev–Trinajstić information content (AvgIpc) is 3.02. The van der Waals surface area contributed by atoms with Crippen LogP contribution in [-0.2, 0) is 6.61 Å². The molecule has 4 aromatic rings. The van der Waals surface area contributed by atoms with Crippen LogP contribution >= 0.6 is 0 Å². The molecule has 1 aliphatic heterocycles. The number of carbonyl (C=O) groups is 1. The Morgan fingerprint density at radius 1 is 0.971 bits per heavy atom. The second-order valence-corrected chi connectivity index (χ2v) is 8.04. The van der Waals surface area contributed by atoms with Crippen LogP contribution in [0.3, 0.4) is 0 Å². The predicted molar refractivity (Wildman–Crippen MR) is 130 cm³/mol. The number of pyridine rings is 1. The van der Waals surface area contributed by atoms with Gasteiger partial charge in [0, 0.05) is 30.6 Å². The summed E-state index contributed by atoms with van der Waals surface area (Å²) in [4.78, 5) is 25.6. The molecule has 7 heteroatoms. The van der Waals surface area contributed by atoms with Crippen LogP contribution in [0.4, 0.5) is 5.69 Å². The number of amides is 1. The second kappa shape index (κ2) is 8.78. The Labute approximate surface area is 196 Å². The third-order valence-corrected chi connectivity index (χ3v) is 5.96. The molecule has 1 aliphatic rings. The monoisotopic (exact) mass is 453 g/mol. The van der Waals surface area contributed by atoms with Gasteiger partial charge in [-0.15, -0.1) is 0 Å². The third kappa shape index (κ3) is 3.77. The fourth-order valence-corrected chi connectivity index (χ4v) is 4.32. The number of ether oxygens (including phenoxy) is 1. The lowest BCUT2D eigenvalue weighted by Gasteiger charge is -2.34. The van der Waals surface area contributed by atoms with E-state index in [0.717, 1.165) is 22.4 Å². The Bertz CT molecular complexity index is 1370. The number of rotatable bonds is 4. The number of benzene rings is 3. The molecule has 1 aromatic heterocycles. The summed E-state index contributed by atoms with van der Waals surface area (Å²) >= 11 is 0. The highest BCUT2D eigenvalue weighted by Gasteiger charge is 2.30. The minimum Gasteiger partial charge on any atom is -0.502 e. The van der Waals surface area contributed by atoms with Gasteiger partial charge >= 0.3 is 0 Å². The Kier molecular flexibility index (Phi) is 5.51. The molecule has 1 unspecified atom stereocenters. The molecule has 0 saturated carbocycles. The van der Waals surface area contributed by atoms with Crippen molar-refractivity contribution in [3.63, 3.8) is 0 Å². The maximum absolute atomic E-state index is 13.3. The Balaban J connectivity index is 1.65. The van der Waals surface area contributed by atoms with E-state index < -0.39 is 17.1 Å². The van der Waals surface area contributed by atoms with Crippen LogP contribution in [0, 0.1) is 0 Å². The molecule has 1 atom stereocenters. The SMILES string of the molecule is CN(C1c2ccccc2COc2ccccc21)n1ccc(=O)c(O)c1C(=O)Nc1ccccc1. The van der Waals surface area contributed by atoms with Gasteiger partial charge in [0.05, 0.1) is 6.04 Å². The van der Waals surface area contributed by atoms with E-state index in [4.69, 9.17) is 4.74 Å². The van der Waals surface area contributed by atoms with Crippen molar-refractivity contribution in [2.24, 2.45) is 0 Å². The zero-order valence-corrected chi connectivity index (χ0v) is 18.5. The number of aromatic hydroxyl groups is 1. The molecule has 0 bridgehead atoms. The fraction of sp³-hybridized carbons (Fsp3) is 0.111. The van der Waals surface area contributed by atoms with Gasteiger partial charge in [-0.05, 0) is 29.3 Å². The largest absolute Gasteiger partial charge is 0.502 e. The van der Waals surface area contributed by atoms with E-state index in [2.05, 4.69) is 5.32 Å². The van der Waals surface area contributed by atoms with Crippen LogP contribution in [-0.4, -0.2) is 22.7 Å². The topological polar surface area (TPSA) is 83.8 Å². The maximum atomic E-state index is 13.3. The molecule has 34 heavy (non-hydrogen) atoms. The van der Waals surface area contributed by atoms with Crippen molar-refractivity contribution < 1.29 is 14.6 Å². The van der Waals surface area contributed by atoms with E-state index >= 15 is 0 Å². The number of carbonyl (C=O) groups excluding carboxylic acids is 1. The van der Waals surface area contributed by atoms with Gasteiger partial charge in [0.1, 0.15) is 12.4 Å². The van der Waals surface area contributed by atoms with Gasteiger partial charge < -0.3 is 20.2 Å². The van der Waals surface area contributed by atoms with Crippen LogP contribution < -0.4 is 20.5 Å². The summed E-state index contributed by atoms with van der Waals surface area (Å²) in [6, 6.07) is 25.5. The van der Waals surface area contributed by atoms with Crippen molar-refractivity contribution in [1.82, 2.24) is 4.68 Å². The van der Waals surface area contributed by atoms with Crippen LogP contribution in [0.25, 0.3) is 0 Å². The lowest BCUT2D eigenvalue weighted by atomic mass is 9.94. The normalized spacial score (nSPS) is 14.2. The molecule has 0 radical (unpaired) electrons. The molecule has 1 amide bonds. The van der Waals surface area contributed by atoms with Crippen LogP contribution in [0.2, 0.25) is 0 Å². The molecule has 170 valence electrons. The van der Waals surface area contributed by atoms with Crippen molar-refractivity contribution in [2.45, 2.75) is 12.6 Å². The van der Waals surface area contributed by atoms with Crippen LogP contribution in [0.5, 0.6) is 11.5 Å². The highest BCUT2D eigenvalue weighted by Crippen LogP contribution is 2.38. The molecule has 2 heterocycles. The maximum Gasteiger partial charge on any atom is 0.278 e. The summed E-state index contributed by atoms with van der Waals surface area (Å²) in [6.45, 7) is 0.411. The highest BCUT2D eigenvalue weighted by atomic mass is 16.5. The van der Waals surface area contributed by atoms with Gasteiger partial charge in [-0.25, -0.2) is 0 Å². The molecule has 5 rings (SSSR count). The number of aromatic nitrogens is 1. The third-order valence-electron chi connectivity index (χ3n) is 5.96. The summed E-state index contributed by atoms with van der Waals surface area (Å²) in [5, 5.41) is 15.3. The lowest BCUT2D eigenvalue weighted by Crippen LogP contribution is -2.39. The Hall–Kier alpha value is -4.52. The zero-order valence-electron chi connectivity index (χ0n) is 18.5.